The lowest BCUT2D eigenvalue weighted by atomic mass is 9.99. The minimum absolute atomic E-state index is 0.0508. The summed E-state index contributed by atoms with van der Waals surface area (Å²) in [6.45, 7) is 1.60. The Morgan fingerprint density at radius 2 is 1.78 bits per heavy atom. The van der Waals surface area contributed by atoms with E-state index in [0.717, 1.165) is 6.42 Å². The van der Waals surface area contributed by atoms with E-state index < -0.39 is 0 Å². The Balaban J connectivity index is 1.45. The largest absolute Gasteiger partial charge is 0.467 e. The van der Waals surface area contributed by atoms with Crippen molar-refractivity contribution >= 4 is 11.8 Å². The summed E-state index contributed by atoms with van der Waals surface area (Å²) in [5.74, 6) is 0.401. The average Bonchev–Trinajstić information content (AvgIpc) is 3.25. The smallest absolute Gasteiger partial charge is 0.254 e. The van der Waals surface area contributed by atoms with Crippen LogP contribution in [0.5, 0.6) is 0 Å². The van der Waals surface area contributed by atoms with Crippen LogP contribution in [0, 0.1) is 0 Å². The Hall–Kier alpha value is -3.34. The zero-order valence-electron chi connectivity index (χ0n) is 14.9. The topological polar surface area (TPSA) is 62.6 Å². The minimum atomic E-state index is -0.231. The van der Waals surface area contributed by atoms with Gasteiger partial charge in [-0.3, -0.25) is 9.59 Å². The Bertz CT molecular complexity index is 963. The molecule has 0 unspecified atom stereocenters. The van der Waals surface area contributed by atoms with Crippen LogP contribution in [0.2, 0.25) is 0 Å². The number of carbonyl (C=O) groups excluding carboxylic acids is 2. The van der Waals surface area contributed by atoms with Gasteiger partial charge >= 0.3 is 0 Å². The first kappa shape index (κ1) is 17.1. The van der Waals surface area contributed by atoms with Crippen LogP contribution in [-0.4, -0.2) is 23.3 Å². The highest BCUT2D eigenvalue weighted by Crippen LogP contribution is 2.20. The van der Waals surface area contributed by atoms with E-state index in [-0.39, 0.29) is 11.8 Å². The number of hydrogen-bond acceptors (Lipinski definition) is 3. The number of nitrogens with zero attached hydrogens (tertiary/aromatic N) is 1. The maximum atomic E-state index is 12.9. The number of carbonyl (C=O) groups is 2. The number of nitrogens with one attached hydrogen (secondary N) is 1. The Kier molecular flexibility index (Phi) is 4.75. The van der Waals surface area contributed by atoms with Crippen molar-refractivity contribution in [1.82, 2.24) is 10.2 Å². The monoisotopic (exact) mass is 360 g/mol. The molecule has 2 aromatic carbocycles. The lowest BCUT2D eigenvalue weighted by Gasteiger charge is -2.29. The molecule has 1 aliphatic heterocycles. The second-order valence-electron chi connectivity index (χ2n) is 6.59. The van der Waals surface area contributed by atoms with E-state index in [1.54, 1.807) is 42.7 Å². The van der Waals surface area contributed by atoms with E-state index in [2.05, 4.69) is 17.4 Å². The normalized spacial score (nSPS) is 13.1. The van der Waals surface area contributed by atoms with Crippen LogP contribution >= 0.6 is 0 Å². The van der Waals surface area contributed by atoms with Crippen LogP contribution < -0.4 is 5.32 Å². The van der Waals surface area contributed by atoms with Crippen LogP contribution in [0.25, 0.3) is 0 Å². The Morgan fingerprint density at radius 1 is 0.963 bits per heavy atom. The van der Waals surface area contributed by atoms with Crippen LogP contribution in [-0.2, 0) is 19.5 Å². The third-order valence-corrected chi connectivity index (χ3v) is 4.79. The van der Waals surface area contributed by atoms with Crippen LogP contribution in [0.15, 0.2) is 71.3 Å². The molecular weight excluding hydrogens is 340 g/mol. The van der Waals surface area contributed by atoms with Gasteiger partial charge in [-0.2, -0.15) is 0 Å². The number of furan rings is 1. The summed E-state index contributed by atoms with van der Waals surface area (Å²) in [5, 5.41) is 2.80. The molecule has 3 aromatic rings. The van der Waals surface area contributed by atoms with Gasteiger partial charge in [0.05, 0.1) is 12.8 Å². The van der Waals surface area contributed by atoms with Gasteiger partial charge in [-0.15, -0.1) is 0 Å². The fourth-order valence-corrected chi connectivity index (χ4v) is 3.33. The summed E-state index contributed by atoms with van der Waals surface area (Å²) in [7, 11) is 0. The third-order valence-electron chi connectivity index (χ3n) is 4.79. The van der Waals surface area contributed by atoms with Gasteiger partial charge in [-0.25, -0.2) is 0 Å². The van der Waals surface area contributed by atoms with Gasteiger partial charge in [-0.1, -0.05) is 30.3 Å². The highest BCUT2D eigenvalue weighted by atomic mass is 16.3. The van der Waals surface area contributed by atoms with Crippen molar-refractivity contribution in [1.29, 1.82) is 0 Å². The number of fused-ring (bicyclic) bond motifs is 1. The SMILES string of the molecule is O=C(NCc1ccco1)c1cccc(C(=O)N2CCc3ccccc3C2)c1. The molecule has 1 aliphatic rings. The number of hydrogen-bond donors (Lipinski definition) is 1. The molecule has 0 radical (unpaired) electrons. The van der Waals surface area contributed by atoms with Crippen molar-refractivity contribution in [2.75, 3.05) is 6.54 Å². The molecule has 0 bridgehead atoms. The van der Waals surface area contributed by atoms with Gasteiger partial charge in [0, 0.05) is 24.2 Å². The van der Waals surface area contributed by atoms with Crippen LogP contribution in [0.1, 0.15) is 37.6 Å². The zero-order valence-corrected chi connectivity index (χ0v) is 14.9. The molecule has 2 amide bonds. The van der Waals surface area contributed by atoms with Crippen molar-refractivity contribution < 1.29 is 14.0 Å². The highest BCUT2D eigenvalue weighted by Gasteiger charge is 2.22. The molecule has 0 spiro atoms. The van der Waals surface area contributed by atoms with Gasteiger partial charge in [0.15, 0.2) is 0 Å². The zero-order chi connectivity index (χ0) is 18.6. The molecule has 136 valence electrons. The predicted molar refractivity (Wildman–Crippen MR) is 101 cm³/mol. The molecule has 4 rings (SSSR count). The van der Waals surface area contributed by atoms with E-state index in [1.165, 1.54) is 11.1 Å². The van der Waals surface area contributed by atoms with Crippen LogP contribution in [0.4, 0.5) is 0 Å². The van der Waals surface area contributed by atoms with E-state index in [0.29, 0.717) is 36.5 Å². The molecule has 0 aliphatic carbocycles. The van der Waals surface area contributed by atoms with Crippen LogP contribution in [0.3, 0.4) is 0 Å². The van der Waals surface area contributed by atoms with Gasteiger partial charge in [-0.05, 0) is 47.9 Å². The molecule has 2 heterocycles. The fourth-order valence-electron chi connectivity index (χ4n) is 3.33. The first-order valence-corrected chi connectivity index (χ1v) is 8.97. The van der Waals surface area contributed by atoms with Crippen molar-refractivity contribution in [3.8, 4) is 0 Å². The van der Waals surface area contributed by atoms with Crippen molar-refractivity contribution in [2.45, 2.75) is 19.5 Å². The van der Waals surface area contributed by atoms with Crippen molar-refractivity contribution in [3.63, 3.8) is 0 Å². The van der Waals surface area contributed by atoms with Gasteiger partial charge < -0.3 is 14.6 Å². The highest BCUT2D eigenvalue weighted by molar-refractivity contribution is 5.99. The van der Waals surface area contributed by atoms with Gasteiger partial charge in [0.1, 0.15) is 5.76 Å². The Morgan fingerprint density at radius 3 is 2.59 bits per heavy atom. The standard InChI is InChI=1S/C22H20N2O3/c25-21(23-14-20-9-4-12-27-20)17-7-3-8-18(13-17)22(26)24-11-10-16-5-1-2-6-19(16)15-24/h1-9,12-13H,10-11,14-15H2,(H,23,25). The van der Waals surface area contributed by atoms with Gasteiger partial charge in [0.2, 0.25) is 0 Å². The summed E-state index contributed by atoms with van der Waals surface area (Å²) >= 11 is 0. The van der Waals surface area contributed by atoms with Crippen molar-refractivity contribution in [2.24, 2.45) is 0 Å². The molecule has 1 aromatic heterocycles. The summed E-state index contributed by atoms with van der Waals surface area (Å²) < 4.78 is 5.21. The minimum Gasteiger partial charge on any atom is -0.467 e. The van der Waals surface area contributed by atoms with E-state index in [1.807, 2.05) is 17.0 Å². The molecule has 0 fully saturated rings. The summed E-state index contributed by atoms with van der Waals surface area (Å²) in [5.41, 5.74) is 3.47. The molecule has 5 nitrogen and oxygen atoms in total. The molecule has 0 atom stereocenters. The number of benzene rings is 2. The molecule has 0 saturated carbocycles. The van der Waals surface area contributed by atoms with E-state index in [9.17, 15) is 9.59 Å². The third kappa shape index (κ3) is 3.77. The second kappa shape index (κ2) is 7.50. The first-order chi connectivity index (χ1) is 13.2. The summed E-state index contributed by atoms with van der Waals surface area (Å²) in [6.07, 6.45) is 2.42. The lowest BCUT2D eigenvalue weighted by molar-refractivity contribution is 0.0734. The molecule has 5 heteroatoms. The molecule has 0 saturated heterocycles. The Labute approximate surface area is 157 Å². The quantitative estimate of drug-likeness (QED) is 0.776. The molecular formula is C22H20N2O3. The fraction of sp³-hybridized carbons (Fsp3) is 0.182. The lowest BCUT2D eigenvalue weighted by Crippen LogP contribution is -2.36. The molecule has 27 heavy (non-hydrogen) atoms. The maximum Gasteiger partial charge on any atom is 0.254 e. The molecule has 1 N–H and O–H groups in total. The van der Waals surface area contributed by atoms with E-state index >= 15 is 0 Å². The van der Waals surface area contributed by atoms with Gasteiger partial charge in [0.25, 0.3) is 11.8 Å². The number of rotatable bonds is 4. The average molecular weight is 360 g/mol. The first-order valence-electron chi connectivity index (χ1n) is 8.97. The summed E-state index contributed by atoms with van der Waals surface area (Å²) in [6, 6.07) is 18.6. The predicted octanol–water partition coefficient (Wildman–Crippen LogP) is 3.41. The van der Waals surface area contributed by atoms with E-state index in [4.69, 9.17) is 4.42 Å². The number of amides is 2. The second-order valence-corrected chi connectivity index (χ2v) is 6.59. The summed E-state index contributed by atoms with van der Waals surface area (Å²) in [4.78, 5) is 27.1. The maximum absolute atomic E-state index is 12.9. The van der Waals surface area contributed by atoms with Crippen molar-refractivity contribution in [3.05, 3.63) is 94.9 Å².